The molecule has 1 fully saturated rings. The summed E-state index contributed by atoms with van der Waals surface area (Å²) in [5.74, 6) is 2.35. The number of amides is 1. The molecule has 4 aromatic rings. The average molecular weight is 615 g/mol. The van der Waals surface area contributed by atoms with Crippen LogP contribution in [0.1, 0.15) is 48.5 Å². The highest BCUT2D eigenvalue weighted by molar-refractivity contribution is 5.97. The van der Waals surface area contributed by atoms with Crippen molar-refractivity contribution in [1.82, 2.24) is 10.3 Å². The van der Waals surface area contributed by atoms with E-state index in [0.29, 0.717) is 45.6 Å². The van der Waals surface area contributed by atoms with Crippen LogP contribution in [0.15, 0.2) is 66.9 Å². The van der Waals surface area contributed by atoms with Crippen molar-refractivity contribution in [2.45, 2.75) is 51.2 Å². The van der Waals surface area contributed by atoms with E-state index in [9.17, 15) is 9.59 Å². The topological polar surface area (TPSA) is 114 Å². The molecule has 236 valence electrons. The average Bonchev–Trinajstić information content (AvgIpc) is 3.57. The van der Waals surface area contributed by atoms with Gasteiger partial charge in [0.1, 0.15) is 17.5 Å². The Morgan fingerprint density at radius 3 is 2.36 bits per heavy atom. The number of fused-ring (bicyclic) bond motifs is 1. The van der Waals surface area contributed by atoms with E-state index in [1.165, 1.54) is 0 Å². The van der Waals surface area contributed by atoms with Gasteiger partial charge in [0.25, 0.3) is 5.91 Å². The molecule has 0 aliphatic heterocycles. The second-order valence-corrected chi connectivity index (χ2v) is 10.7. The maximum atomic E-state index is 13.4. The van der Waals surface area contributed by atoms with Crippen LogP contribution in [-0.2, 0) is 16.0 Å². The van der Waals surface area contributed by atoms with E-state index in [4.69, 9.17) is 28.4 Å². The number of hydrogen-bond donors (Lipinski definition) is 1. The number of rotatable bonds is 13. The molecule has 10 heteroatoms. The fourth-order valence-corrected chi connectivity index (χ4v) is 5.41. The number of methoxy groups -OCH3 is 3. The van der Waals surface area contributed by atoms with Crippen molar-refractivity contribution in [3.63, 3.8) is 0 Å². The lowest BCUT2D eigenvalue weighted by Gasteiger charge is -2.19. The van der Waals surface area contributed by atoms with E-state index < -0.39 is 17.9 Å². The number of aromatic nitrogens is 1. The third kappa shape index (κ3) is 7.57. The minimum Gasteiger partial charge on any atom is -0.493 e. The summed E-state index contributed by atoms with van der Waals surface area (Å²) < 4.78 is 34.1. The summed E-state index contributed by atoms with van der Waals surface area (Å²) in [5, 5.41) is 3.60. The van der Waals surface area contributed by atoms with Gasteiger partial charge in [-0.1, -0.05) is 12.1 Å². The zero-order valence-corrected chi connectivity index (χ0v) is 26.0. The smallest absolute Gasteiger partial charge is 0.328 e. The first-order valence-corrected chi connectivity index (χ1v) is 15.0. The van der Waals surface area contributed by atoms with E-state index in [1.54, 1.807) is 64.8 Å². The highest BCUT2D eigenvalue weighted by atomic mass is 16.5. The molecule has 0 bridgehead atoms. The summed E-state index contributed by atoms with van der Waals surface area (Å²) in [6, 6.07) is 16.8. The minimum atomic E-state index is -0.938. The Morgan fingerprint density at radius 1 is 0.867 bits per heavy atom. The molecular weight excluding hydrogens is 576 g/mol. The van der Waals surface area contributed by atoms with Crippen molar-refractivity contribution in [3.05, 3.63) is 78.0 Å². The van der Waals surface area contributed by atoms with Crippen LogP contribution in [0.25, 0.3) is 10.9 Å². The first-order valence-electron chi connectivity index (χ1n) is 15.0. The van der Waals surface area contributed by atoms with E-state index in [2.05, 4.69) is 10.3 Å². The van der Waals surface area contributed by atoms with Gasteiger partial charge in [-0.25, -0.2) is 4.79 Å². The van der Waals surface area contributed by atoms with Crippen LogP contribution in [0, 0.1) is 0 Å². The summed E-state index contributed by atoms with van der Waals surface area (Å²) in [4.78, 5) is 30.8. The first kappa shape index (κ1) is 31.4. The number of hydrogen-bond acceptors (Lipinski definition) is 9. The van der Waals surface area contributed by atoms with Crippen LogP contribution < -0.4 is 29.0 Å². The standard InChI is InChI=1S/C35H38N2O8/c1-5-43-35(39)28(37-34(38)23-13-14-30(40-2)33(19-23)44-24-10-6-7-11-24)18-22-9-8-12-25(17-22)45-29-15-16-36-27-21-32(42-4)31(41-3)20-26(27)29/h8-9,12-17,19-21,24,28H,5-7,10-11,18H2,1-4H3,(H,37,38). The zero-order chi connectivity index (χ0) is 31.8. The monoisotopic (exact) mass is 614 g/mol. The van der Waals surface area contributed by atoms with Crippen LogP contribution >= 0.6 is 0 Å². The van der Waals surface area contributed by atoms with Gasteiger partial charge in [0.2, 0.25) is 0 Å². The predicted molar refractivity (Wildman–Crippen MR) is 169 cm³/mol. The molecule has 0 saturated heterocycles. The lowest BCUT2D eigenvalue weighted by atomic mass is 10.0. The van der Waals surface area contributed by atoms with Gasteiger partial charge in [0.05, 0.1) is 39.6 Å². The second kappa shape index (κ2) is 14.7. The quantitative estimate of drug-likeness (QED) is 0.174. The molecule has 0 radical (unpaired) electrons. The summed E-state index contributed by atoms with van der Waals surface area (Å²) in [6.07, 6.45) is 6.09. The van der Waals surface area contributed by atoms with Gasteiger partial charge >= 0.3 is 5.97 Å². The number of nitrogens with zero attached hydrogens (tertiary/aromatic N) is 1. The molecule has 1 N–H and O–H groups in total. The minimum absolute atomic E-state index is 0.0917. The van der Waals surface area contributed by atoms with Gasteiger partial charge in [-0.15, -0.1) is 0 Å². The number of nitrogens with one attached hydrogen (secondary N) is 1. The van der Waals surface area contributed by atoms with Crippen LogP contribution in [0.4, 0.5) is 0 Å². The van der Waals surface area contributed by atoms with Crippen molar-refractivity contribution < 1.29 is 38.0 Å². The van der Waals surface area contributed by atoms with Crippen molar-refractivity contribution >= 4 is 22.8 Å². The molecule has 1 heterocycles. The summed E-state index contributed by atoms with van der Waals surface area (Å²) in [6.45, 7) is 1.91. The van der Waals surface area contributed by atoms with E-state index >= 15 is 0 Å². The molecule has 1 saturated carbocycles. The van der Waals surface area contributed by atoms with Gasteiger partial charge in [0.15, 0.2) is 23.0 Å². The van der Waals surface area contributed by atoms with Crippen LogP contribution in [-0.4, -0.2) is 56.9 Å². The molecular formula is C35H38N2O8. The molecule has 1 aromatic heterocycles. The summed E-state index contributed by atoms with van der Waals surface area (Å²) in [7, 11) is 4.71. The van der Waals surface area contributed by atoms with Gasteiger partial charge < -0.3 is 33.7 Å². The van der Waals surface area contributed by atoms with E-state index in [0.717, 1.165) is 36.6 Å². The predicted octanol–water partition coefficient (Wildman–Crippen LogP) is 6.28. The molecule has 0 spiro atoms. The number of esters is 1. The number of pyridine rings is 1. The SMILES string of the molecule is CCOC(=O)C(Cc1cccc(Oc2ccnc3cc(OC)c(OC)cc23)c1)NC(=O)c1ccc(OC)c(OC2CCCC2)c1. The molecule has 1 unspecified atom stereocenters. The third-order valence-electron chi connectivity index (χ3n) is 7.67. The van der Waals surface area contributed by atoms with Crippen molar-refractivity contribution in [1.29, 1.82) is 0 Å². The molecule has 1 atom stereocenters. The fourth-order valence-electron chi connectivity index (χ4n) is 5.41. The Labute approximate surface area is 262 Å². The Bertz CT molecular complexity index is 1650. The third-order valence-corrected chi connectivity index (χ3v) is 7.67. The highest BCUT2D eigenvalue weighted by Gasteiger charge is 2.25. The molecule has 1 amide bonds. The van der Waals surface area contributed by atoms with Crippen LogP contribution in [0.3, 0.4) is 0 Å². The molecule has 45 heavy (non-hydrogen) atoms. The highest BCUT2D eigenvalue weighted by Crippen LogP contribution is 2.37. The molecule has 1 aliphatic carbocycles. The van der Waals surface area contributed by atoms with Gasteiger partial charge in [-0.3, -0.25) is 9.78 Å². The Hall–Kier alpha value is -4.99. The van der Waals surface area contributed by atoms with Crippen molar-refractivity contribution in [2.24, 2.45) is 0 Å². The molecule has 3 aromatic carbocycles. The Kier molecular flexibility index (Phi) is 10.2. The zero-order valence-electron chi connectivity index (χ0n) is 26.0. The second-order valence-electron chi connectivity index (χ2n) is 10.7. The number of benzene rings is 3. The lowest BCUT2D eigenvalue weighted by Crippen LogP contribution is -2.43. The number of carbonyl (C=O) groups is 2. The van der Waals surface area contributed by atoms with Gasteiger partial charge in [-0.2, -0.15) is 0 Å². The maximum Gasteiger partial charge on any atom is 0.328 e. The van der Waals surface area contributed by atoms with Crippen LogP contribution in [0.2, 0.25) is 0 Å². The fraction of sp³-hybridized carbons (Fsp3) is 0.343. The molecule has 10 nitrogen and oxygen atoms in total. The van der Waals surface area contributed by atoms with Crippen LogP contribution in [0.5, 0.6) is 34.5 Å². The van der Waals surface area contributed by atoms with E-state index in [-0.39, 0.29) is 19.1 Å². The Morgan fingerprint density at radius 2 is 1.62 bits per heavy atom. The largest absolute Gasteiger partial charge is 0.493 e. The summed E-state index contributed by atoms with van der Waals surface area (Å²) >= 11 is 0. The van der Waals surface area contributed by atoms with E-state index in [1.807, 2.05) is 30.3 Å². The number of ether oxygens (including phenoxy) is 6. The maximum absolute atomic E-state index is 13.4. The summed E-state index contributed by atoms with van der Waals surface area (Å²) in [5.41, 5.74) is 1.80. The first-order chi connectivity index (χ1) is 21.9. The van der Waals surface area contributed by atoms with Gasteiger partial charge in [0, 0.05) is 29.6 Å². The normalized spacial score (nSPS) is 13.6. The van der Waals surface area contributed by atoms with Crippen molar-refractivity contribution in [3.8, 4) is 34.5 Å². The molecule has 1 aliphatic rings. The van der Waals surface area contributed by atoms with Gasteiger partial charge in [-0.05, 0) is 80.6 Å². The lowest BCUT2D eigenvalue weighted by molar-refractivity contribution is -0.145. The van der Waals surface area contributed by atoms with Crippen molar-refractivity contribution in [2.75, 3.05) is 27.9 Å². The molecule has 5 rings (SSSR count). The Balaban J connectivity index is 1.35. The number of carbonyl (C=O) groups excluding carboxylic acids is 2.